The van der Waals surface area contributed by atoms with Gasteiger partial charge in [0.25, 0.3) is 0 Å². The summed E-state index contributed by atoms with van der Waals surface area (Å²) in [6, 6.07) is 6.88. The van der Waals surface area contributed by atoms with Gasteiger partial charge in [0.1, 0.15) is 0 Å². The first-order chi connectivity index (χ1) is 9.95. The summed E-state index contributed by atoms with van der Waals surface area (Å²) < 4.78 is 0. The van der Waals surface area contributed by atoms with Gasteiger partial charge in [-0.25, -0.2) is 0 Å². The Hall–Kier alpha value is -2.17. The Balaban J connectivity index is 2.78. The number of Topliss-reactive ketones (excluding diaryl/α,β-unsaturated/α-hetero) is 1. The molecule has 21 heavy (non-hydrogen) atoms. The maximum atomic E-state index is 11.8. The maximum absolute atomic E-state index is 11.8. The molecule has 2 amide bonds. The van der Waals surface area contributed by atoms with E-state index in [0.717, 1.165) is 6.42 Å². The highest BCUT2D eigenvalue weighted by Crippen LogP contribution is 2.17. The number of carbonyl (C=O) groups excluding carboxylic acids is 3. The maximum Gasteiger partial charge on any atom is 0.223 e. The fraction of sp³-hybridized carbons (Fsp3) is 0.438. The molecule has 5 nitrogen and oxygen atoms in total. The molecule has 0 heterocycles. The number of amides is 2. The fourth-order valence-corrected chi connectivity index (χ4v) is 1.93. The normalized spacial score (nSPS) is 10.0. The summed E-state index contributed by atoms with van der Waals surface area (Å²) in [7, 11) is 0. The molecular formula is C16H22N2O3. The largest absolute Gasteiger partial charge is 0.356 e. The summed E-state index contributed by atoms with van der Waals surface area (Å²) in [6.07, 6.45) is 1.12. The number of rotatable bonds is 7. The lowest BCUT2D eigenvalue weighted by atomic mass is 10.1. The quantitative estimate of drug-likeness (QED) is 0.783. The van der Waals surface area contributed by atoms with Crippen LogP contribution >= 0.6 is 0 Å². The first-order valence-corrected chi connectivity index (χ1v) is 7.11. The van der Waals surface area contributed by atoms with Crippen LogP contribution in [-0.4, -0.2) is 30.7 Å². The Morgan fingerprint density at radius 2 is 1.90 bits per heavy atom. The first-order valence-electron chi connectivity index (χ1n) is 7.11. The lowest BCUT2D eigenvalue weighted by Gasteiger charge is -2.21. The molecule has 5 heteroatoms. The number of anilines is 1. The average Bonchev–Trinajstić information content (AvgIpc) is 2.45. The van der Waals surface area contributed by atoms with Crippen LogP contribution in [0, 0.1) is 0 Å². The lowest BCUT2D eigenvalue weighted by Crippen LogP contribution is -2.34. The monoisotopic (exact) mass is 290 g/mol. The van der Waals surface area contributed by atoms with Crippen molar-refractivity contribution < 1.29 is 14.4 Å². The van der Waals surface area contributed by atoms with Crippen molar-refractivity contribution >= 4 is 23.3 Å². The van der Waals surface area contributed by atoms with E-state index < -0.39 is 0 Å². The first kappa shape index (κ1) is 16.9. The number of benzene rings is 1. The second kappa shape index (κ2) is 8.19. The molecule has 0 radical (unpaired) electrons. The molecule has 0 aliphatic heterocycles. The van der Waals surface area contributed by atoms with Crippen LogP contribution in [0.5, 0.6) is 0 Å². The van der Waals surface area contributed by atoms with Crippen molar-refractivity contribution in [3.63, 3.8) is 0 Å². The minimum Gasteiger partial charge on any atom is -0.356 e. The zero-order valence-electron chi connectivity index (χ0n) is 12.8. The lowest BCUT2D eigenvalue weighted by molar-refractivity contribution is -0.121. The standard InChI is InChI=1S/C16H22N2O3/c1-4-9-17-16(21)8-10-18(13(3)20)15-7-5-6-14(11-15)12(2)19/h5-7,11H,4,8-10H2,1-3H3,(H,17,21). The Morgan fingerprint density at radius 1 is 1.19 bits per heavy atom. The summed E-state index contributed by atoms with van der Waals surface area (Å²) in [5.41, 5.74) is 1.19. The number of nitrogens with zero attached hydrogens (tertiary/aromatic N) is 1. The van der Waals surface area contributed by atoms with Crippen LogP contribution in [0.4, 0.5) is 5.69 Å². The van der Waals surface area contributed by atoms with Crippen LogP contribution in [0.2, 0.25) is 0 Å². The molecule has 1 aromatic rings. The van der Waals surface area contributed by atoms with Crippen molar-refractivity contribution in [3.8, 4) is 0 Å². The third-order valence-electron chi connectivity index (χ3n) is 3.08. The third kappa shape index (κ3) is 5.38. The van der Waals surface area contributed by atoms with Gasteiger partial charge < -0.3 is 10.2 Å². The molecule has 0 bridgehead atoms. The second-order valence-corrected chi connectivity index (χ2v) is 4.88. The highest BCUT2D eigenvalue weighted by molar-refractivity contribution is 5.97. The van der Waals surface area contributed by atoms with Gasteiger partial charge in [0.15, 0.2) is 5.78 Å². The SMILES string of the molecule is CCCNC(=O)CCN(C(C)=O)c1cccc(C(C)=O)c1. The third-order valence-corrected chi connectivity index (χ3v) is 3.08. The van der Waals surface area contributed by atoms with E-state index in [2.05, 4.69) is 5.32 Å². The summed E-state index contributed by atoms with van der Waals surface area (Å²) >= 11 is 0. The van der Waals surface area contributed by atoms with Crippen molar-refractivity contribution in [1.82, 2.24) is 5.32 Å². The molecule has 1 aromatic carbocycles. The van der Waals surface area contributed by atoms with E-state index in [1.165, 1.54) is 18.7 Å². The molecule has 1 N–H and O–H groups in total. The minimum absolute atomic E-state index is 0.0546. The Morgan fingerprint density at radius 3 is 2.48 bits per heavy atom. The fourth-order valence-electron chi connectivity index (χ4n) is 1.93. The van der Waals surface area contributed by atoms with Gasteiger partial charge in [-0.2, -0.15) is 0 Å². The topological polar surface area (TPSA) is 66.5 Å². The van der Waals surface area contributed by atoms with Gasteiger partial charge in [-0.1, -0.05) is 19.1 Å². The average molecular weight is 290 g/mol. The summed E-state index contributed by atoms with van der Waals surface area (Å²) in [5, 5.41) is 2.78. The Kier molecular flexibility index (Phi) is 6.59. The molecule has 0 aliphatic rings. The van der Waals surface area contributed by atoms with Crippen molar-refractivity contribution in [2.24, 2.45) is 0 Å². The molecule has 0 aliphatic carbocycles. The highest BCUT2D eigenvalue weighted by Gasteiger charge is 2.14. The van der Waals surface area contributed by atoms with Crippen LogP contribution in [0.1, 0.15) is 44.0 Å². The van der Waals surface area contributed by atoms with Crippen molar-refractivity contribution in [1.29, 1.82) is 0 Å². The molecule has 114 valence electrons. The van der Waals surface area contributed by atoms with Crippen LogP contribution in [-0.2, 0) is 9.59 Å². The predicted molar refractivity (Wildman–Crippen MR) is 82.4 cm³/mol. The summed E-state index contributed by atoms with van der Waals surface area (Å²) in [4.78, 5) is 36.3. The highest BCUT2D eigenvalue weighted by atomic mass is 16.2. The van der Waals surface area contributed by atoms with Crippen LogP contribution < -0.4 is 10.2 Å². The van der Waals surface area contributed by atoms with Gasteiger partial charge >= 0.3 is 0 Å². The number of ketones is 1. The van der Waals surface area contributed by atoms with E-state index in [0.29, 0.717) is 24.3 Å². The molecule has 0 aromatic heterocycles. The zero-order valence-corrected chi connectivity index (χ0v) is 12.8. The van der Waals surface area contributed by atoms with Crippen LogP contribution in [0.3, 0.4) is 0 Å². The molecule has 0 saturated carbocycles. The van der Waals surface area contributed by atoms with Gasteiger partial charge in [0.2, 0.25) is 11.8 Å². The van der Waals surface area contributed by atoms with E-state index in [-0.39, 0.29) is 24.0 Å². The van der Waals surface area contributed by atoms with Gasteiger partial charge in [-0.3, -0.25) is 14.4 Å². The van der Waals surface area contributed by atoms with Gasteiger partial charge in [0, 0.05) is 37.7 Å². The molecule has 1 rings (SSSR count). The number of nitrogens with one attached hydrogen (secondary N) is 1. The van der Waals surface area contributed by atoms with Crippen molar-refractivity contribution in [3.05, 3.63) is 29.8 Å². The van der Waals surface area contributed by atoms with Crippen LogP contribution in [0.25, 0.3) is 0 Å². The molecule has 0 unspecified atom stereocenters. The van der Waals surface area contributed by atoms with E-state index in [4.69, 9.17) is 0 Å². The molecular weight excluding hydrogens is 268 g/mol. The van der Waals surface area contributed by atoms with E-state index in [9.17, 15) is 14.4 Å². The van der Waals surface area contributed by atoms with Gasteiger partial charge in [0.05, 0.1) is 0 Å². The molecule has 0 saturated heterocycles. The number of hydrogen-bond acceptors (Lipinski definition) is 3. The number of hydrogen-bond donors (Lipinski definition) is 1. The van der Waals surface area contributed by atoms with E-state index in [1.807, 2.05) is 6.92 Å². The second-order valence-electron chi connectivity index (χ2n) is 4.88. The molecule has 0 spiro atoms. The smallest absolute Gasteiger partial charge is 0.223 e. The Labute approximate surface area is 125 Å². The van der Waals surface area contributed by atoms with E-state index in [1.54, 1.807) is 24.3 Å². The number of carbonyl (C=O) groups is 3. The van der Waals surface area contributed by atoms with Gasteiger partial charge in [-0.05, 0) is 25.5 Å². The van der Waals surface area contributed by atoms with Crippen LogP contribution in [0.15, 0.2) is 24.3 Å². The summed E-state index contributed by atoms with van der Waals surface area (Å²) in [5.74, 6) is -0.286. The minimum atomic E-state index is -0.154. The predicted octanol–water partition coefficient (Wildman–Crippen LogP) is 2.16. The zero-order chi connectivity index (χ0) is 15.8. The van der Waals surface area contributed by atoms with Gasteiger partial charge in [-0.15, -0.1) is 0 Å². The Bertz CT molecular complexity index is 526. The molecule has 0 atom stereocenters. The summed E-state index contributed by atoms with van der Waals surface area (Å²) in [6.45, 7) is 5.85. The van der Waals surface area contributed by atoms with Crippen molar-refractivity contribution in [2.45, 2.75) is 33.6 Å². The van der Waals surface area contributed by atoms with Crippen molar-refractivity contribution in [2.75, 3.05) is 18.0 Å². The molecule has 0 fully saturated rings. The van der Waals surface area contributed by atoms with E-state index >= 15 is 0 Å².